The van der Waals surface area contributed by atoms with Crippen LogP contribution in [0.2, 0.25) is 0 Å². The van der Waals surface area contributed by atoms with Crippen LogP contribution in [0.3, 0.4) is 0 Å². The van der Waals surface area contributed by atoms with Crippen LogP contribution in [-0.4, -0.2) is 37.2 Å². The topological polar surface area (TPSA) is 58.5 Å². The van der Waals surface area contributed by atoms with Gasteiger partial charge in [-0.15, -0.1) is 11.3 Å². The molecule has 0 aliphatic heterocycles. The van der Waals surface area contributed by atoms with E-state index in [1.54, 1.807) is 11.3 Å². The second-order valence-electron chi connectivity index (χ2n) is 5.36. The highest BCUT2D eigenvalue weighted by Crippen LogP contribution is 2.28. The van der Waals surface area contributed by atoms with Gasteiger partial charge in [0.1, 0.15) is 5.01 Å². The number of rotatable bonds is 9. The van der Waals surface area contributed by atoms with Crippen molar-refractivity contribution in [1.29, 1.82) is 0 Å². The number of nitrogens with zero attached hydrogens (tertiary/aromatic N) is 2. The van der Waals surface area contributed by atoms with Gasteiger partial charge in [0, 0.05) is 37.4 Å². The highest BCUT2D eigenvalue weighted by Gasteiger charge is 2.20. The number of thiazole rings is 1. The van der Waals surface area contributed by atoms with Crippen molar-refractivity contribution in [3.63, 3.8) is 0 Å². The molecule has 1 fully saturated rings. The van der Waals surface area contributed by atoms with E-state index < -0.39 is 0 Å². The van der Waals surface area contributed by atoms with Crippen molar-refractivity contribution >= 4 is 17.3 Å². The molecule has 0 aromatic carbocycles. The largest absolute Gasteiger partial charge is 0.381 e. The van der Waals surface area contributed by atoms with E-state index in [-0.39, 0.29) is 0 Å². The Hall–Kier alpha value is -1.14. The van der Waals surface area contributed by atoms with Crippen LogP contribution in [-0.2, 0) is 11.3 Å². The van der Waals surface area contributed by atoms with Crippen molar-refractivity contribution in [3.8, 4) is 0 Å². The van der Waals surface area contributed by atoms with E-state index >= 15 is 0 Å². The lowest BCUT2D eigenvalue weighted by Crippen LogP contribution is -2.38. The van der Waals surface area contributed by atoms with Gasteiger partial charge in [0.2, 0.25) is 0 Å². The quantitative estimate of drug-likeness (QED) is 0.417. The van der Waals surface area contributed by atoms with Crippen molar-refractivity contribution in [2.75, 3.05) is 26.3 Å². The van der Waals surface area contributed by atoms with E-state index in [9.17, 15) is 0 Å². The number of aromatic nitrogens is 1. The van der Waals surface area contributed by atoms with E-state index in [0.29, 0.717) is 6.54 Å². The second-order valence-corrected chi connectivity index (χ2v) is 6.68. The third-order valence-corrected chi connectivity index (χ3v) is 4.09. The Morgan fingerprint density at radius 3 is 3.00 bits per heavy atom. The molecule has 0 spiro atoms. The Kier molecular flexibility index (Phi) is 6.95. The summed E-state index contributed by atoms with van der Waals surface area (Å²) in [7, 11) is 0. The number of hydrogen-bond donors (Lipinski definition) is 2. The zero-order valence-corrected chi connectivity index (χ0v) is 13.8. The Morgan fingerprint density at radius 1 is 1.48 bits per heavy atom. The van der Waals surface area contributed by atoms with Crippen molar-refractivity contribution in [2.24, 2.45) is 10.9 Å². The summed E-state index contributed by atoms with van der Waals surface area (Å²) in [6.07, 6.45) is 5.61. The lowest BCUT2D eigenvalue weighted by molar-refractivity contribution is 0.123. The molecule has 0 radical (unpaired) electrons. The standard InChI is InChI=1S/C15H26N4OS/c1-3-16-15(19-10-14-18-9-12(2)21-14)17-7-4-8-20-11-13-5-6-13/h9,13H,3-8,10-11H2,1-2H3,(H2,16,17,19). The van der Waals surface area contributed by atoms with Crippen LogP contribution in [0, 0.1) is 12.8 Å². The third-order valence-electron chi connectivity index (χ3n) is 3.19. The van der Waals surface area contributed by atoms with E-state index in [4.69, 9.17) is 4.74 Å². The molecule has 6 heteroatoms. The molecule has 0 unspecified atom stereocenters. The average molecular weight is 310 g/mol. The number of guanidine groups is 1. The molecule has 1 aliphatic carbocycles. The van der Waals surface area contributed by atoms with Gasteiger partial charge in [-0.1, -0.05) is 0 Å². The van der Waals surface area contributed by atoms with Crippen LogP contribution < -0.4 is 10.6 Å². The predicted molar refractivity (Wildman–Crippen MR) is 87.8 cm³/mol. The molecule has 2 N–H and O–H groups in total. The maximum Gasteiger partial charge on any atom is 0.191 e. The van der Waals surface area contributed by atoms with Crippen LogP contribution in [0.1, 0.15) is 36.1 Å². The fourth-order valence-electron chi connectivity index (χ4n) is 1.88. The van der Waals surface area contributed by atoms with Crippen molar-refractivity contribution in [1.82, 2.24) is 15.6 Å². The first-order valence-corrected chi connectivity index (χ1v) is 8.60. The maximum atomic E-state index is 5.62. The molecule has 1 aromatic rings. The molecule has 0 amide bonds. The molecule has 2 rings (SSSR count). The summed E-state index contributed by atoms with van der Waals surface area (Å²) in [5.41, 5.74) is 0. The Morgan fingerprint density at radius 2 is 2.33 bits per heavy atom. The lowest BCUT2D eigenvalue weighted by Gasteiger charge is -2.11. The summed E-state index contributed by atoms with van der Waals surface area (Å²) in [4.78, 5) is 10.1. The van der Waals surface area contributed by atoms with Crippen LogP contribution in [0.25, 0.3) is 0 Å². The molecule has 1 aliphatic rings. The first-order valence-electron chi connectivity index (χ1n) is 7.79. The number of ether oxygens (including phenoxy) is 1. The van der Waals surface area contributed by atoms with Gasteiger partial charge in [0.25, 0.3) is 0 Å². The average Bonchev–Trinajstić information content (AvgIpc) is 3.21. The summed E-state index contributed by atoms with van der Waals surface area (Å²) >= 11 is 1.70. The van der Waals surface area contributed by atoms with E-state index in [2.05, 4.69) is 34.5 Å². The van der Waals surface area contributed by atoms with Crippen molar-refractivity contribution < 1.29 is 4.74 Å². The van der Waals surface area contributed by atoms with Gasteiger partial charge >= 0.3 is 0 Å². The van der Waals surface area contributed by atoms with Crippen LogP contribution in [0.4, 0.5) is 0 Å². The molecule has 0 atom stereocenters. The maximum absolute atomic E-state index is 5.62. The van der Waals surface area contributed by atoms with E-state index in [1.807, 2.05) is 6.20 Å². The highest BCUT2D eigenvalue weighted by molar-refractivity contribution is 7.11. The van der Waals surface area contributed by atoms with Gasteiger partial charge in [-0.2, -0.15) is 0 Å². The van der Waals surface area contributed by atoms with Gasteiger partial charge in [-0.25, -0.2) is 9.98 Å². The smallest absolute Gasteiger partial charge is 0.191 e. The highest BCUT2D eigenvalue weighted by atomic mass is 32.1. The fraction of sp³-hybridized carbons (Fsp3) is 0.733. The van der Waals surface area contributed by atoms with Crippen LogP contribution in [0.15, 0.2) is 11.2 Å². The molecule has 21 heavy (non-hydrogen) atoms. The van der Waals surface area contributed by atoms with E-state index in [0.717, 1.165) is 49.6 Å². The van der Waals surface area contributed by atoms with Gasteiger partial charge in [0.05, 0.1) is 6.54 Å². The molecule has 0 saturated heterocycles. The minimum absolute atomic E-state index is 0.631. The first kappa shape index (κ1) is 16.2. The monoisotopic (exact) mass is 310 g/mol. The SMILES string of the molecule is CCNC(=NCc1ncc(C)s1)NCCCOCC1CC1. The number of aliphatic imine (C=N–C) groups is 1. The molecular formula is C15H26N4OS. The van der Waals surface area contributed by atoms with Gasteiger partial charge in [-0.3, -0.25) is 0 Å². The zero-order valence-electron chi connectivity index (χ0n) is 13.0. The van der Waals surface area contributed by atoms with Gasteiger partial charge in [0.15, 0.2) is 5.96 Å². The van der Waals surface area contributed by atoms with Gasteiger partial charge < -0.3 is 15.4 Å². The summed E-state index contributed by atoms with van der Waals surface area (Å²) in [6, 6.07) is 0. The third kappa shape index (κ3) is 6.91. The summed E-state index contributed by atoms with van der Waals surface area (Å²) in [6.45, 7) is 8.28. The molecule has 1 heterocycles. The minimum Gasteiger partial charge on any atom is -0.381 e. The molecule has 5 nitrogen and oxygen atoms in total. The molecular weight excluding hydrogens is 284 g/mol. The van der Waals surface area contributed by atoms with Gasteiger partial charge in [-0.05, 0) is 39.0 Å². The van der Waals surface area contributed by atoms with Crippen molar-refractivity contribution in [3.05, 3.63) is 16.1 Å². The van der Waals surface area contributed by atoms with Crippen LogP contribution >= 0.6 is 11.3 Å². The normalized spacial score (nSPS) is 15.2. The molecule has 1 aromatic heterocycles. The fourth-order valence-corrected chi connectivity index (χ4v) is 2.59. The summed E-state index contributed by atoms with van der Waals surface area (Å²) in [5, 5.41) is 7.64. The summed E-state index contributed by atoms with van der Waals surface area (Å²) in [5.74, 6) is 1.70. The predicted octanol–water partition coefficient (Wildman–Crippen LogP) is 2.32. The lowest BCUT2D eigenvalue weighted by atomic mass is 10.4. The molecule has 0 bridgehead atoms. The number of aryl methyl sites for hydroxylation is 1. The minimum atomic E-state index is 0.631. The zero-order chi connectivity index (χ0) is 14.9. The Bertz CT molecular complexity index is 443. The summed E-state index contributed by atoms with van der Waals surface area (Å²) < 4.78 is 5.62. The Balaban J connectivity index is 1.62. The molecule has 118 valence electrons. The second kappa shape index (κ2) is 9.00. The van der Waals surface area contributed by atoms with Crippen molar-refractivity contribution in [2.45, 2.75) is 39.7 Å². The first-order chi connectivity index (χ1) is 10.3. The molecule has 1 saturated carbocycles. The number of hydrogen-bond acceptors (Lipinski definition) is 4. The van der Waals surface area contributed by atoms with Crippen LogP contribution in [0.5, 0.6) is 0 Å². The number of nitrogens with one attached hydrogen (secondary N) is 2. The van der Waals surface area contributed by atoms with E-state index in [1.165, 1.54) is 17.7 Å². The Labute approximate surface area is 131 Å².